The van der Waals surface area contributed by atoms with Gasteiger partial charge in [0.25, 0.3) is 5.91 Å². The van der Waals surface area contributed by atoms with E-state index in [1.807, 2.05) is 6.92 Å². The first-order valence-corrected chi connectivity index (χ1v) is 6.83. The third kappa shape index (κ3) is 3.10. The molecule has 5 heteroatoms. The van der Waals surface area contributed by atoms with E-state index in [2.05, 4.69) is 0 Å². The van der Waals surface area contributed by atoms with Gasteiger partial charge in [0.1, 0.15) is 5.75 Å². The second-order valence-corrected chi connectivity index (χ2v) is 5.17. The van der Waals surface area contributed by atoms with Gasteiger partial charge in [-0.2, -0.15) is 0 Å². The molecule has 0 bridgehead atoms. The zero-order valence-electron chi connectivity index (χ0n) is 11.9. The highest BCUT2D eigenvalue weighted by atomic mass is 16.3. The number of nitrogens with zero attached hydrogens (tertiary/aromatic N) is 2. The minimum Gasteiger partial charge on any atom is -0.507 e. The zero-order chi connectivity index (χ0) is 14.7. The van der Waals surface area contributed by atoms with Gasteiger partial charge >= 0.3 is 0 Å². The van der Waals surface area contributed by atoms with E-state index < -0.39 is 0 Å². The van der Waals surface area contributed by atoms with Gasteiger partial charge in [-0.3, -0.25) is 9.59 Å². The first kappa shape index (κ1) is 14.4. The standard InChI is InChI=1S/C15H20N2O3/c1-11-4-5-14(19)13(10-11)15(20)17-7-3-6-16(8-9-17)12(2)18/h4-5,10,19H,3,6-9H2,1-2H3. The van der Waals surface area contributed by atoms with E-state index in [-0.39, 0.29) is 17.6 Å². The lowest BCUT2D eigenvalue weighted by atomic mass is 10.1. The van der Waals surface area contributed by atoms with Crippen LogP contribution in [0.3, 0.4) is 0 Å². The molecule has 2 rings (SSSR count). The van der Waals surface area contributed by atoms with Crippen molar-refractivity contribution in [1.29, 1.82) is 0 Å². The number of hydrogen-bond acceptors (Lipinski definition) is 3. The third-order valence-corrected chi connectivity index (χ3v) is 3.61. The molecule has 5 nitrogen and oxygen atoms in total. The van der Waals surface area contributed by atoms with Crippen LogP contribution in [0.4, 0.5) is 0 Å². The van der Waals surface area contributed by atoms with Crippen molar-refractivity contribution in [1.82, 2.24) is 9.80 Å². The quantitative estimate of drug-likeness (QED) is 0.843. The Hall–Kier alpha value is -2.04. The number of hydrogen-bond donors (Lipinski definition) is 1. The van der Waals surface area contributed by atoms with Gasteiger partial charge in [0.2, 0.25) is 5.91 Å². The molecule has 1 N–H and O–H groups in total. The lowest BCUT2D eigenvalue weighted by Gasteiger charge is -2.22. The van der Waals surface area contributed by atoms with Crippen LogP contribution in [0, 0.1) is 6.92 Å². The number of carbonyl (C=O) groups excluding carboxylic acids is 2. The molecule has 0 saturated carbocycles. The Morgan fingerprint density at radius 2 is 1.75 bits per heavy atom. The molecule has 1 aromatic carbocycles. The fraction of sp³-hybridized carbons (Fsp3) is 0.467. The molecule has 0 spiro atoms. The number of rotatable bonds is 1. The molecule has 1 saturated heterocycles. The van der Waals surface area contributed by atoms with Crippen molar-refractivity contribution >= 4 is 11.8 Å². The number of carbonyl (C=O) groups is 2. The van der Waals surface area contributed by atoms with Gasteiger partial charge in [0, 0.05) is 33.1 Å². The summed E-state index contributed by atoms with van der Waals surface area (Å²) in [7, 11) is 0. The lowest BCUT2D eigenvalue weighted by molar-refractivity contribution is -0.128. The number of benzene rings is 1. The number of amides is 2. The van der Waals surface area contributed by atoms with Crippen LogP contribution in [-0.2, 0) is 4.79 Å². The predicted molar refractivity (Wildman–Crippen MR) is 75.6 cm³/mol. The van der Waals surface area contributed by atoms with Crippen LogP contribution in [0.1, 0.15) is 29.3 Å². The first-order chi connectivity index (χ1) is 9.49. The molecule has 0 unspecified atom stereocenters. The summed E-state index contributed by atoms with van der Waals surface area (Å²) in [4.78, 5) is 27.3. The summed E-state index contributed by atoms with van der Waals surface area (Å²) in [5.74, 6) is -0.123. The SMILES string of the molecule is CC(=O)N1CCCN(C(=O)c2cc(C)ccc2O)CC1. The molecule has 2 amide bonds. The van der Waals surface area contributed by atoms with Gasteiger partial charge in [-0.25, -0.2) is 0 Å². The molecule has 0 aromatic heterocycles. The van der Waals surface area contributed by atoms with E-state index >= 15 is 0 Å². The normalized spacial score (nSPS) is 15.9. The van der Waals surface area contributed by atoms with Crippen LogP contribution in [-0.4, -0.2) is 52.9 Å². The van der Waals surface area contributed by atoms with Crippen LogP contribution in [0.2, 0.25) is 0 Å². The fourth-order valence-corrected chi connectivity index (χ4v) is 2.43. The van der Waals surface area contributed by atoms with E-state index in [1.54, 1.807) is 34.9 Å². The molecule has 0 radical (unpaired) electrons. The van der Waals surface area contributed by atoms with Crippen LogP contribution in [0.25, 0.3) is 0 Å². The van der Waals surface area contributed by atoms with E-state index in [0.717, 1.165) is 12.0 Å². The second kappa shape index (κ2) is 5.94. The Labute approximate surface area is 118 Å². The van der Waals surface area contributed by atoms with Crippen molar-refractivity contribution < 1.29 is 14.7 Å². The molecule has 1 heterocycles. The number of phenols is 1. The van der Waals surface area contributed by atoms with Crippen molar-refractivity contribution in [2.24, 2.45) is 0 Å². The highest BCUT2D eigenvalue weighted by Crippen LogP contribution is 2.20. The fourth-order valence-electron chi connectivity index (χ4n) is 2.43. The summed E-state index contributed by atoms with van der Waals surface area (Å²) >= 11 is 0. The summed E-state index contributed by atoms with van der Waals surface area (Å²) in [6, 6.07) is 5.01. The summed E-state index contributed by atoms with van der Waals surface area (Å²) < 4.78 is 0. The Bertz CT molecular complexity index is 528. The molecular weight excluding hydrogens is 256 g/mol. The number of phenolic OH excluding ortho intramolecular Hbond substituents is 1. The van der Waals surface area contributed by atoms with Crippen molar-refractivity contribution in [3.8, 4) is 5.75 Å². The Morgan fingerprint density at radius 3 is 2.45 bits per heavy atom. The Kier molecular flexibility index (Phi) is 4.27. The smallest absolute Gasteiger partial charge is 0.257 e. The van der Waals surface area contributed by atoms with Gasteiger partial charge in [0.05, 0.1) is 5.56 Å². The molecule has 0 atom stereocenters. The lowest BCUT2D eigenvalue weighted by Crippen LogP contribution is -2.36. The summed E-state index contributed by atoms with van der Waals surface area (Å²) in [5, 5.41) is 9.83. The third-order valence-electron chi connectivity index (χ3n) is 3.61. The summed E-state index contributed by atoms with van der Waals surface area (Å²) in [5.41, 5.74) is 1.27. The highest BCUT2D eigenvalue weighted by molar-refractivity contribution is 5.97. The summed E-state index contributed by atoms with van der Waals surface area (Å²) in [6.07, 6.45) is 0.762. The van der Waals surface area contributed by atoms with Gasteiger partial charge in [-0.05, 0) is 25.5 Å². The van der Waals surface area contributed by atoms with Gasteiger partial charge in [-0.1, -0.05) is 11.6 Å². The monoisotopic (exact) mass is 276 g/mol. The maximum absolute atomic E-state index is 12.5. The second-order valence-electron chi connectivity index (χ2n) is 5.17. The Balaban J connectivity index is 2.13. The number of aryl methyl sites for hydroxylation is 1. The molecule has 1 aromatic rings. The zero-order valence-corrected chi connectivity index (χ0v) is 11.9. The number of aromatic hydroxyl groups is 1. The maximum Gasteiger partial charge on any atom is 0.257 e. The van der Waals surface area contributed by atoms with Crippen molar-refractivity contribution in [2.75, 3.05) is 26.2 Å². The van der Waals surface area contributed by atoms with Crippen LogP contribution >= 0.6 is 0 Å². The van der Waals surface area contributed by atoms with E-state index in [4.69, 9.17) is 0 Å². The largest absolute Gasteiger partial charge is 0.507 e. The van der Waals surface area contributed by atoms with Crippen LogP contribution < -0.4 is 0 Å². The molecule has 108 valence electrons. The highest BCUT2D eigenvalue weighted by Gasteiger charge is 2.23. The van der Waals surface area contributed by atoms with Crippen LogP contribution in [0.5, 0.6) is 5.75 Å². The maximum atomic E-state index is 12.5. The molecular formula is C15H20N2O3. The average Bonchev–Trinajstić information content (AvgIpc) is 2.66. The van der Waals surface area contributed by atoms with E-state index in [0.29, 0.717) is 31.7 Å². The van der Waals surface area contributed by atoms with Gasteiger partial charge < -0.3 is 14.9 Å². The average molecular weight is 276 g/mol. The van der Waals surface area contributed by atoms with E-state index in [9.17, 15) is 14.7 Å². The minimum atomic E-state index is -0.170. The topological polar surface area (TPSA) is 60.9 Å². The molecule has 20 heavy (non-hydrogen) atoms. The molecule has 0 aliphatic carbocycles. The molecule has 1 aliphatic heterocycles. The molecule has 1 fully saturated rings. The summed E-state index contributed by atoms with van der Waals surface area (Å²) in [6.45, 7) is 5.77. The predicted octanol–water partition coefficient (Wildman–Crippen LogP) is 1.40. The van der Waals surface area contributed by atoms with Gasteiger partial charge in [-0.15, -0.1) is 0 Å². The van der Waals surface area contributed by atoms with Crippen LogP contribution in [0.15, 0.2) is 18.2 Å². The Morgan fingerprint density at radius 1 is 1.10 bits per heavy atom. The minimum absolute atomic E-state index is 0.00766. The van der Waals surface area contributed by atoms with Crippen molar-refractivity contribution in [2.45, 2.75) is 20.3 Å². The van der Waals surface area contributed by atoms with Crippen molar-refractivity contribution in [3.63, 3.8) is 0 Å². The van der Waals surface area contributed by atoms with E-state index in [1.165, 1.54) is 0 Å². The van der Waals surface area contributed by atoms with Crippen molar-refractivity contribution in [3.05, 3.63) is 29.3 Å². The van der Waals surface area contributed by atoms with Gasteiger partial charge in [0.15, 0.2) is 0 Å². The molecule has 1 aliphatic rings. The first-order valence-electron chi connectivity index (χ1n) is 6.83.